The molecule has 0 unspecified atom stereocenters. The highest BCUT2D eigenvalue weighted by molar-refractivity contribution is 7.92. The van der Waals surface area contributed by atoms with E-state index >= 15 is 0 Å². The Hall–Kier alpha value is -2.59. The zero-order chi connectivity index (χ0) is 21.8. The summed E-state index contributed by atoms with van der Waals surface area (Å²) in [6.45, 7) is 3.17. The molecule has 0 bridgehead atoms. The first-order valence-electron chi connectivity index (χ1n) is 9.24. The number of sulfone groups is 1. The van der Waals surface area contributed by atoms with Gasteiger partial charge in [0.1, 0.15) is 0 Å². The molecule has 2 fully saturated rings. The molecule has 3 heterocycles. The van der Waals surface area contributed by atoms with Crippen LogP contribution in [0.4, 0.5) is 18.9 Å². The molecule has 0 spiro atoms. The summed E-state index contributed by atoms with van der Waals surface area (Å²) in [5, 5.41) is 7.12. The van der Waals surface area contributed by atoms with Gasteiger partial charge in [-0.1, -0.05) is 24.3 Å². The Kier molecular flexibility index (Phi) is 4.81. The van der Waals surface area contributed by atoms with Crippen molar-refractivity contribution < 1.29 is 31.5 Å². The number of nitrogens with zero attached hydrogens (tertiary/aromatic N) is 2. The minimum Gasteiger partial charge on any atom is -0.475 e. The number of carbonyl (C=O) groups is 1. The molecule has 2 aromatic rings. The molecule has 0 saturated carbocycles. The van der Waals surface area contributed by atoms with Crippen molar-refractivity contribution in [2.45, 2.75) is 22.0 Å². The molecular formula is C20H19F3N2O4S. The van der Waals surface area contributed by atoms with Crippen molar-refractivity contribution in [1.29, 1.82) is 0 Å². The minimum absolute atomic E-state index is 0.438. The SMILES string of the molecule is CN1C[C@H]2CN(c3ccc4c(c3)S(=O)(=O)c3ccccc3-4)C[C@H]21.O=C(O)C(F)(F)F. The molecule has 3 aliphatic rings. The standard InChI is InChI=1S/C18H18N2O2S.C2HF3O2/c1-19-9-12-10-20(11-16(12)19)13-6-7-15-14-4-2-3-5-17(14)23(21,22)18(15)8-13;3-2(4,5)1(6)7/h2-8,12,16H,9-11H2,1H3;(H,6,7)/t12-,16+;/m0./s1. The zero-order valence-electron chi connectivity index (χ0n) is 15.9. The van der Waals surface area contributed by atoms with E-state index in [1.54, 1.807) is 12.1 Å². The number of hydrogen-bond donors (Lipinski definition) is 1. The largest absolute Gasteiger partial charge is 0.490 e. The van der Waals surface area contributed by atoms with Crippen molar-refractivity contribution in [2.75, 3.05) is 31.6 Å². The molecule has 5 rings (SSSR count). The third-order valence-corrected chi connectivity index (χ3v) is 7.68. The maximum atomic E-state index is 12.8. The van der Waals surface area contributed by atoms with Crippen LogP contribution in [0.3, 0.4) is 0 Å². The number of alkyl halides is 3. The van der Waals surface area contributed by atoms with Crippen molar-refractivity contribution >= 4 is 21.5 Å². The number of likely N-dealkylation sites (N-methyl/N-ethyl adjacent to an activating group) is 1. The average molecular weight is 440 g/mol. The fraction of sp³-hybridized carbons (Fsp3) is 0.350. The first kappa shape index (κ1) is 20.7. The second-order valence-corrected chi connectivity index (χ2v) is 9.54. The number of rotatable bonds is 1. The van der Waals surface area contributed by atoms with Gasteiger partial charge in [0.25, 0.3) is 0 Å². The number of benzene rings is 2. The number of fused-ring (bicyclic) bond motifs is 4. The molecule has 2 aromatic carbocycles. The summed E-state index contributed by atoms with van der Waals surface area (Å²) in [4.78, 5) is 14.5. The van der Waals surface area contributed by atoms with Crippen LogP contribution in [0.5, 0.6) is 0 Å². The van der Waals surface area contributed by atoms with E-state index in [4.69, 9.17) is 9.90 Å². The van der Waals surface area contributed by atoms with Gasteiger partial charge in [-0.2, -0.15) is 13.2 Å². The van der Waals surface area contributed by atoms with Gasteiger partial charge in [0.05, 0.1) is 9.79 Å². The topological polar surface area (TPSA) is 77.9 Å². The highest BCUT2D eigenvalue weighted by atomic mass is 32.2. The summed E-state index contributed by atoms with van der Waals surface area (Å²) in [6, 6.07) is 13.8. The minimum atomic E-state index is -5.08. The van der Waals surface area contributed by atoms with Gasteiger partial charge in [0.15, 0.2) is 0 Å². The molecule has 0 amide bonds. The maximum absolute atomic E-state index is 12.8. The van der Waals surface area contributed by atoms with E-state index in [1.165, 1.54) is 0 Å². The molecular weight excluding hydrogens is 421 g/mol. The number of likely N-dealkylation sites (tertiary alicyclic amines) is 1. The Bertz CT molecular complexity index is 1120. The third-order valence-electron chi connectivity index (χ3n) is 5.82. The molecule has 6 nitrogen and oxygen atoms in total. The average Bonchev–Trinajstić information content (AvgIpc) is 3.14. The summed E-state index contributed by atoms with van der Waals surface area (Å²) in [7, 11) is -1.22. The van der Waals surface area contributed by atoms with E-state index in [9.17, 15) is 21.6 Å². The predicted molar refractivity (Wildman–Crippen MR) is 103 cm³/mol. The lowest BCUT2D eigenvalue weighted by Gasteiger charge is -2.40. The quantitative estimate of drug-likeness (QED) is 0.627. The Labute approximate surface area is 171 Å². The van der Waals surface area contributed by atoms with Crippen LogP contribution in [0.1, 0.15) is 0 Å². The summed E-state index contributed by atoms with van der Waals surface area (Å²) in [6.07, 6.45) is -5.08. The number of aliphatic carboxylic acids is 1. The molecule has 160 valence electrons. The number of carboxylic acids is 1. The van der Waals surface area contributed by atoms with Crippen LogP contribution in [-0.2, 0) is 14.6 Å². The Balaban J connectivity index is 0.000000272. The van der Waals surface area contributed by atoms with Crippen molar-refractivity contribution in [2.24, 2.45) is 5.92 Å². The highest BCUT2D eigenvalue weighted by Crippen LogP contribution is 2.45. The van der Waals surface area contributed by atoms with Crippen molar-refractivity contribution in [1.82, 2.24) is 4.90 Å². The van der Waals surface area contributed by atoms with Crippen molar-refractivity contribution in [3.8, 4) is 11.1 Å². The number of anilines is 1. The van der Waals surface area contributed by atoms with Gasteiger partial charge >= 0.3 is 12.1 Å². The molecule has 1 N–H and O–H groups in total. The lowest BCUT2D eigenvalue weighted by atomic mass is 9.93. The number of hydrogen-bond acceptors (Lipinski definition) is 5. The summed E-state index contributed by atoms with van der Waals surface area (Å²) in [5.41, 5.74) is 2.70. The Morgan fingerprint density at radius 1 is 1.03 bits per heavy atom. The van der Waals surface area contributed by atoms with Gasteiger partial charge in [-0.05, 0) is 25.2 Å². The van der Waals surface area contributed by atoms with E-state index in [2.05, 4.69) is 22.9 Å². The summed E-state index contributed by atoms with van der Waals surface area (Å²) < 4.78 is 57.4. The van der Waals surface area contributed by atoms with Gasteiger partial charge < -0.3 is 14.9 Å². The highest BCUT2D eigenvalue weighted by Gasteiger charge is 2.44. The van der Waals surface area contributed by atoms with E-state index in [0.29, 0.717) is 15.8 Å². The molecule has 30 heavy (non-hydrogen) atoms. The smallest absolute Gasteiger partial charge is 0.475 e. The van der Waals surface area contributed by atoms with E-state index in [1.807, 2.05) is 24.3 Å². The van der Waals surface area contributed by atoms with Crippen LogP contribution >= 0.6 is 0 Å². The fourth-order valence-electron chi connectivity index (χ4n) is 4.31. The Morgan fingerprint density at radius 2 is 1.67 bits per heavy atom. The Morgan fingerprint density at radius 3 is 2.27 bits per heavy atom. The van der Waals surface area contributed by atoms with E-state index < -0.39 is 22.0 Å². The molecule has 0 radical (unpaired) electrons. The third kappa shape index (κ3) is 3.33. The first-order chi connectivity index (χ1) is 14.0. The second-order valence-electron chi connectivity index (χ2n) is 7.65. The van der Waals surface area contributed by atoms with Crippen LogP contribution in [-0.4, -0.2) is 63.3 Å². The first-order valence-corrected chi connectivity index (χ1v) is 10.7. The van der Waals surface area contributed by atoms with Gasteiger partial charge in [-0.25, -0.2) is 13.2 Å². The van der Waals surface area contributed by atoms with Crippen LogP contribution in [0.25, 0.3) is 11.1 Å². The van der Waals surface area contributed by atoms with Crippen LogP contribution < -0.4 is 4.90 Å². The van der Waals surface area contributed by atoms with Gasteiger partial charge in [-0.15, -0.1) is 0 Å². The molecule has 2 atom stereocenters. The van der Waals surface area contributed by atoms with Crippen molar-refractivity contribution in [3.05, 3.63) is 42.5 Å². The lowest BCUT2D eigenvalue weighted by Crippen LogP contribution is -2.52. The normalized spacial score (nSPS) is 23.5. The summed E-state index contributed by atoms with van der Waals surface area (Å²) in [5.74, 6) is -2.03. The maximum Gasteiger partial charge on any atom is 0.490 e. The molecule has 0 aliphatic carbocycles. The monoisotopic (exact) mass is 440 g/mol. The van der Waals surface area contributed by atoms with Crippen LogP contribution in [0.2, 0.25) is 0 Å². The zero-order valence-corrected chi connectivity index (χ0v) is 16.7. The van der Waals surface area contributed by atoms with E-state index in [-0.39, 0.29) is 0 Å². The van der Waals surface area contributed by atoms with Gasteiger partial charge in [0.2, 0.25) is 9.84 Å². The van der Waals surface area contributed by atoms with Gasteiger partial charge in [0, 0.05) is 48.4 Å². The molecule has 0 aromatic heterocycles. The summed E-state index contributed by atoms with van der Waals surface area (Å²) >= 11 is 0. The second kappa shape index (κ2) is 6.98. The predicted octanol–water partition coefficient (Wildman–Crippen LogP) is 2.88. The number of halogens is 3. The molecule has 10 heteroatoms. The van der Waals surface area contributed by atoms with Crippen LogP contribution in [0, 0.1) is 5.92 Å². The van der Waals surface area contributed by atoms with Gasteiger partial charge in [-0.3, -0.25) is 0 Å². The van der Waals surface area contributed by atoms with E-state index in [0.717, 1.165) is 42.4 Å². The number of carboxylic acid groups (broad SMARTS) is 1. The lowest BCUT2D eigenvalue weighted by molar-refractivity contribution is -0.192. The van der Waals surface area contributed by atoms with Crippen molar-refractivity contribution in [3.63, 3.8) is 0 Å². The molecule has 2 saturated heterocycles. The fourth-order valence-corrected chi connectivity index (χ4v) is 6.01. The van der Waals surface area contributed by atoms with Crippen LogP contribution in [0.15, 0.2) is 52.3 Å². The molecule has 3 aliphatic heterocycles.